The molecule has 0 aliphatic heterocycles. The number of anilines is 1. The highest BCUT2D eigenvalue weighted by Gasteiger charge is 2.08. The lowest BCUT2D eigenvalue weighted by molar-refractivity contribution is 0.0697. The Morgan fingerprint density at radius 3 is 2.60 bits per heavy atom. The van der Waals surface area contributed by atoms with E-state index in [2.05, 4.69) is 40.4 Å². The molecule has 1 aromatic rings. The number of hydrogen-bond acceptors (Lipinski definition) is 2. The molecule has 1 aromatic carbocycles. The highest BCUT2D eigenvalue weighted by Crippen LogP contribution is 2.19. The standard InChI is InChI=1S/C14H19BrN2O3/c1-9(2)4-3-5-16-14(20)17-12-7-10(13(18)19)6-11(15)8-12/h6-9H,3-5H2,1-2H3,(H,18,19)(H2,16,17,20). The fourth-order valence-corrected chi connectivity index (χ4v) is 2.17. The molecule has 5 nitrogen and oxygen atoms in total. The third-order valence-electron chi connectivity index (χ3n) is 2.65. The molecular formula is C14H19BrN2O3. The molecule has 3 N–H and O–H groups in total. The van der Waals surface area contributed by atoms with E-state index in [1.54, 1.807) is 6.07 Å². The second-order valence-corrected chi connectivity index (χ2v) is 5.87. The number of carboxylic acid groups (broad SMARTS) is 1. The van der Waals surface area contributed by atoms with Gasteiger partial charge in [0, 0.05) is 16.7 Å². The monoisotopic (exact) mass is 342 g/mol. The Kier molecular flexibility index (Phi) is 6.51. The molecule has 0 aliphatic carbocycles. The van der Waals surface area contributed by atoms with Crippen LogP contribution < -0.4 is 10.6 Å². The van der Waals surface area contributed by atoms with Crippen molar-refractivity contribution in [3.05, 3.63) is 28.2 Å². The van der Waals surface area contributed by atoms with Crippen LogP contribution in [-0.4, -0.2) is 23.7 Å². The quantitative estimate of drug-likeness (QED) is 0.689. The van der Waals surface area contributed by atoms with E-state index in [-0.39, 0.29) is 11.6 Å². The van der Waals surface area contributed by atoms with Crippen molar-refractivity contribution in [2.24, 2.45) is 5.92 Å². The Morgan fingerprint density at radius 2 is 2.00 bits per heavy atom. The Balaban J connectivity index is 2.51. The number of rotatable bonds is 6. The predicted octanol–water partition coefficient (Wildman–Crippen LogP) is 3.71. The average molecular weight is 343 g/mol. The number of hydrogen-bond donors (Lipinski definition) is 3. The number of carbonyl (C=O) groups excluding carboxylic acids is 1. The molecule has 0 radical (unpaired) electrons. The van der Waals surface area contributed by atoms with Crippen molar-refractivity contribution in [1.29, 1.82) is 0 Å². The molecule has 1 rings (SSSR count). The Hall–Kier alpha value is -1.56. The summed E-state index contributed by atoms with van der Waals surface area (Å²) in [6.07, 6.45) is 1.98. The van der Waals surface area contributed by atoms with Gasteiger partial charge in [0.15, 0.2) is 0 Å². The molecule has 0 spiro atoms. The van der Waals surface area contributed by atoms with Crippen molar-refractivity contribution in [2.45, 2.75) is 26.7 Å². The van der Waals surface area contributed by atoms with Gasteiger partial charge in [-0.15, -0.1) is 0 Å². The van der Waals surface area contributed by atoms with Gasteiger partial charge in [0.25, 0.3) is 0 Å². The maximum Gasteiger partial charge on any atom is 0.335 e. The maximum absolute atomic E-state index is 11.7. The smallest absolute Gasteiger partial charge is 0.335 e. The van der Waals surface area contributed by atoms with Crippen LogP contribution in [0.15, 0.2) is 22.7 Å². The summed E-state index contributed by atoms with van der Waals surface area (Å²) < 4.78 is 0.604. The van der Waals surface area contributed by atoms with Gasteiger partial charge in [-0.1, -0.05) is 29.8 Å². The minimum absolute atomic E-state index is 0.120. The van der Waals surface area contributed by atoms with E-state index in [0.717, 1.165) is 12.8 Å². The fourth-order valence-electron chi connectivity index (χ4n) is 1.67. The first-order valence-electron chi connectivity index (χ1n) is 6.47. The minimum atomic E-state index is -1.04. The van der Waals surface area contributed by atoms with Gasteiger partial charge in [0.1, 0.15) is 0 Å². The molecule has 110 valence electrons. The summed E-state index contributed by atoms with van der Waals surface area (Å²) in [5, 5.41) is 14.3. The molecule has 6 heteroatoms. The van der Waals surface area contributed by atoms with Crippen LogP contribution in [0, 0.1) is 5.92 Å². The third kappa shape index (κ3) is 6.06. The predicted molar refractivity (Wildman–Crippen MR) is 82.2 cm³/mol. The lowest BCUT2D eigenvalue weighted by Gasteiger charge is -2.09. The minimum Gasteiger partial charge on any atom is -0.478 e. The van der Waals surface area contributed by atoms with Crippen LogP contribution in [-0.2, 0) is 0 Å². The van der Waals surface area contributed by atoms with Crippen molar-refractivity contribution >= 4 is 33.6 Å². The number of aromatic carboxylic acids is 1. The van der Waals surface area contributed by atoms with Crippen LogP contribution in [0.25, 0.3) is 0 Å². The second-order valence-electron chi connectivity index (χ2n) is 4.95. The fraction of sp³-hybridized carbons (Fsp3) is 0.429. The molecule has 0 saturated heterocycles. The molecule has 2 amide bonds. The van der Waals surface area contributed by atoms with Gasteiger partial charge in [-0.2, -0.15) is 0 Å². The van der Waals surface area contributed by atoms with Crippen molar-refractivity contribution in [2.75, 3.05) is 11.9 Å². The number of carbonyl (C=O) groups is 2. The third-order valence-corrected chi connectivity index (χ3v) is 3.10. The molecule has 0 unspecified atom stereocenters. The second kappa shape index (κ2) is 7.89. The molecule has 0 aromatic heterocycles. The molecule has 20 heavy (non-hydrogen) atoms. The van der Waals surface area contributed by atoms with E-state index >= 15 is 0 Å². The van der Waals surface area contributed by atoms with Crippen molar-refractivity contribution in [3.8, 4) is 0 Å². The number of carboxylic acids is 1. The van der Waals surface area contributed by atoms with E-state index in [9.17, 15) is 9.59 Å². The normalized spacial score (nSPS) is 10.4. The summed E-state index contributed by atoms with van der Waals surface area (Å²) in [5.41, 5.74) is 0.563. The van der Waals surface area contributed by atoms with E-state index in [0.29, 0.717) is 22.6 Å². The SMILES string of the molecule is CC(C)CCCNC(=O)Nc1cc(Br)cc(C(=O)O)c1. The van der Waals surface area contributed by atoms with E-state index in [1.807, 2.05) is 0 Å². The maximum atomic E-state index is 11.7. The van der Waals surface area contributed by atoms with E-state index in [4.69, 9.17) is 5.11 Å². The molecule has 0 bridgehead atoms. The summed E-state index contributed by atoms with van der Waals surface area (Å²) in [6.45, 7) is 4.87. The van der Waals surface area contributed by atoms with Gasteiger partial charge in [-0.05, 0) is 37.0 Å². The highest BCUT2D eigenvalue weighted by molar-refractivity contribution is 9.10. The van der Waals surface area contributed by atoms with Gasteiger partial charge in [0.05, 0.1) is 5.56 Å². The van der Waals surface area contributed by atoms with Gasteiger partial charge in [-0.25, -0.2) is 9.59 Å². The average Bonchev–Trinajstić information content (AvgIpc) is 2.33. The molecule has 0 saturated carbocycles. The summed E-state index contributed by atoms with van der Waals surface area (Å²) in [5.74, 6) is -0.422. The zero-order chi connectivity index (χ0) is 15.1. The Morgan fingerprint density at radius 1 is 1.30 bits per heavy atom. The topological polar surface area (TPSA) is 78.4 Å². The van der Waals surface area contributed by atoms with Crippen LogP contribution >= 0.6 is 15.9 Å². The first-order chi connectivity index (χ1) is 9.38. The number of nitrogens with one attached hydrogen (secondary N) is 2. The Bertz CT molecular complexity index is 489. The Labute approximate surface area is 126 Å². The molecular weight excluding hydrogens is 324 g/mol. The van der Waals surface area contributed by atoms with E-state index in [1.165, 1.54) is 12.1 Å². The van der Waals surface area contributed by atoms with Gasteiger partial charge in [0.2, 0.25) is 0 Å². The number of amides is 2. The summed E-state index contributed by atoms with van der Waals surface area (Å²) in [4.78, 5) is 22.6. The molecule has 0 atom stereocenters. The van der Waals surface area contributed by atoms with Crippen molar-refractivity contribution in [3.63, 3.8) is 0 Å². The van der Waals surface area contributed by atoms with Crippen LogP contribution in [0.5, 0.6) is 0 Å². The largest absolute Gasteiger partial charge is 0.478 e. The van der Waals surface area contributed by atoms with Crippen LogP contribution in [0.1, 0.15) is 37.0 Å². The summed E-state index contributed by atoms with van der Waals surface area (Å²) in [6, 6.07) is 4.22. The van der Waals surface area contributed by atoms with Gasteiger partial charge >= 0.3 is 12.0 Å². The van der Waals surface area contributed by atoms with Crippen LogP contribution in [0.2, 0.25) is 0 Å². The van der Waals surface area contributed by atoms with Gasteiger partial charge < -0.3 is 15.7 Å². The summed E-state index contributed by atoms with van der Waals surface area (Å²) >= 11 is 3.22. The first kappa shape index (κ1) is 16.5. The van der Waals surface area contributed by atoms with E-state index < -0.39 is 5.97 Å². The van der Waals surface area contributed by atoms with Crippen molar-refractivity contribution < 1.29 is 14.7 Å². The lowest BCUT2D eigenvalue weighted by Crippen LogP contribution is -2.29. The zero-order valence-corrected chi connectivity index (χ0v) is 13.2. The van der Waals surface area contributed by atoms with Gasteiger partial charge in [-0.3, -0.25) is 0 Å². The molecule has 0 aliphatic rings. The number of halogens is 1. The first-order valence-corrected chi connectivity index (χ1v) is 7.26. The highest BCUT2D eigenvalue weighted by atomic mass is 79.9. The molecule has 0 fully saturated rings. The lowest BCUT2D eigenvalue weighted by atomic mass is 10.1. The van der Waals surface area contributed by atoms with Crippen LogP contribution in [0.4, 0.5) is 10.5 Å². The van der Waals surface area contributed by atoms with Crippen molar-refractivity contribution in [1.82, 2.24) is 5.32 Å². The molecule has 0 heterocycles. The van der Waals surface area contributed by atoms with Crippen LogP contribution in [0.3, 0.4) is 0 Å². The summed E-state index contributed by atoms with van der Waals surface area (Å²) in [7, 11) is 0. The zero-order valence-electron chi connectivity index (χ0n) is 11.6. The number of benzene rings is 1. The number of urea groups is 1.